The molecule has 0 bridgehead atoms. The van der Waals surface area contributed by atoms with Gasteiger partial charge in [-0.2, -0.15) is 8.42 Å². The first-order valence-electron chi connectivity index (χ1n) is 15.0. The average Bonchev–Trinajstić information content (AvgIpc) is 3.18. The van der Waals surface area contributed by atoms with Crippen molar-refractivity contribution in [2.75, 3.05) is 0 Å². The van der Waals surface area contributed by atoms with Gasteiger partial charge >= 0.3 is 16.4 Å². The summed E-state index contributed by atoms with van der Waals surface area (Å²) in [6.45, 7) is 20.6. The highest BCUT2D eigenvalue weighted by Gasteiger charge is 2.64. The van der Waals surface area contributed by atoms with Crippen LogP contribution in [0.3, 0.4) is 0 Å². The molecular weight excluding hydrogens is 528 g/mol. The zero-order valence-corrected chi connectivity index (χ0v) is 26.4. The van der Waals surface area contributed by atoms with Gasteiger partial charge in [0.1, 0.15) is 12.2 Å². The van der Waals surface area contributed by atoms with Crippen LogP contribution in [-0.4, -0.2) is 42.4 Å². The smallest absolute Gasteiger partial charge is 0.397 e. The minimum atomic E-state index is -4.59. The third-order valence-electron chi connectivity index (χ3n) is 11.4. The molecule has 0 aromatic carbocycles. The Hall–Kier alpha value is -1.48. The Labute approximate surface area is 241 Å². The van der Waals surface area contributed by atoms with Crippen molar-refractivity contribution in [2.45, 2.75) is 119 Å². The highest BCUT2D eigenvalue weighted by atomic mass is 32.3. The second-order valence-corrected chi connectivity index (χ2v) is 15.4. The van der Waals surface area contributed by atoms with E-state index in [4.69, 9.17) is 8.92 Å². The monoisotopic (exact) mass is 578 g/mol. The van der Waals surface area contributed by atoms with Gasteiger partial charge in [-0.15, -0.1) is 0 Å². The summed E-state index contributed by atoms with van der Waals surface area (Å²) in [6, 6.07) is 0. The second-order valence-electron chi connectivity index (χ2n) is 14.3. The molecule has 4 aliphatic carbocycles. The maximum Gasteiger partial charge on any atom is 0.397 e. The molecule has 4 aliphatic rings. The number of esters is 1. The Balaban J connectivity index is 1.75. The van der Waals surface area contributed by atoms with Crippen LogP contribution < -0.4 is 0 Å². The number of carbonyl (C=O) groups is 1. The third kappa shape index (κ3) is 5.16. The molecular formula is C32H50O7S. The predicted molar refractivity (Wildman–Crippen MR) is 156 cm³/mol. The van der Waals surface area contributed by atoms with Gasteiger partial charge in [0.2, 0.25) is 0 Å². The van der Waals surface area contributed by atoms with E-state index in [2.05, 4.69) is 47.3 Å². The van der Waals surface area contributed by atoms with Crippen LogP contribution in [0.25, 0.3) is 0 Å². The highest BCUT2D eigenvalue weighted by molar-refractivity contribution is 7.80. The number of fused-ring (bicyclic) bond motifs is 4. The summed E-state index contributed by atoms with van der Waals surface area (Å²) in [5.74, 6) is 0.617. The molecule has 4 rings (SSSR count). The summed E-state index contributed by atoms with van der Waals surface area (Å²) in [5, 5.41) is 12.2. The molecule has 0 radical (unpaired) electrons. The number of ether oxygens (including phenoxy) is 1. The van der Waals surface area contributed by atoms with E-state index >= 15 is 0 Å². The van der Waals surface area contributed by atoms with Crippen LogP contribution in [0, 0.1) is 39.9 Å². The van der Waals surface area contributed by atoms with Crippen molar-refractivity contribution >= 4 is 16.4 Å². The molecule has 8 atom stereocenters. The van der Waals surface area contributed by atoms with E-state index in [1.54, 1.807) is 0 Å². The number of allylic oxidation sites excluding steroid dienone is 3. The molecule has 226 valence electrons. The van der Waals surface area contributed by atoms with E-state index in [1.807, 2.05) is 13.8 Å². The summed E-state index contributed by atoms with van der Waals surface area (Å²) < 4.78 is 44.0. The summed E-state index contributed by atoms with van der Waals surface area (Å²) in [4.78, 5) is 12.5. The molecule has 7 nitrogen and oxygen atoms in total. The molecule has 0 saturated heterocycles. The molecule has 2 N–H and O–H groups in total. The van der Waals surface area contributed by atoms with Crippen molar-refractivity contribution < 1.29 is 31.8 Å². The van der Waals surface area contributed by atoms with E-state index in [-0.39, 0.29) is 11.8 Å². The lowest BCUT2D eigenvalue weighted by Gasteiger charge is -2.61. The lowest BCUT2D eigenvalue weighted by Crippen LogP contribution is -2.60. The van der Waals surface area contributed by atoms with E-state index in [9.17, 15) is 22.9 Å². The van der Waals surface area contributed by atoms with E-state index in [0.717, 1.165) is 37.7 Å². The fourth-order valence-corrected chi connectivity index (χ4v) is 9.85. The van der Waals surface area contributed by atoms with Crippen molar-refractivity contribution in [1.29, 1.82) is 0 Å². The van der Waals surface area contributed by atoms with Gasteiger partial charge in [-0.1, -0.05) is 66.7 Å². The maximum absolute atomic E-state index is 12.5. The highest BCUT2D eigenvalue weighted by Crippen LogP contribution is 2.67. The molecule has 8 heteroatoms. The Kier molecular flexibility index (Phi) is 8.38. The molecule has 0 amide bonds. The van der Waals surface area contributed by atoms with Crippen LogP contribution in [0.15, 0.2) is 34.9 Å². The van der Waals surface area contributed by atoms with Crippen LogP contribution in [-0.2, 0) is 24.1 Å². The fourth-order valence-electron chi connectivity index (χ4n) is 9.21. The summed E-state index contributed by atoms with van der Waals surface area (Å²) in [5.41, 5.74) is 3.09. The molecule has 1 saturated carbocycles. The number of hydrogen-bond acceptors (Lipinski definition) is 6. The van der Waals surface area contributed by atoms with Gasteiger partial charge in [-0.25, -0.2) is 4.18 Å². The summed E-state index contributed by atoms with van der Waals surface area (Å²) in [7, 11) is -4.59. The lowest BCUT2D eigenvalue weighted by atomic mass is 9.45. The van der Waals surface area contributed by atoms with Crippen molar-refractivity contribution in [1.82, 2.24) is 0 Å². The predicted octanol–water partition coefficient (Wildman–Crippen LogP) is 6.59. The van der Waals surface area contributed by atoms with E-state index < -0.39 is 50.9 Å². The van der Waals surface area contributed by atoms with E-state index in [1.165, 1.54) is 23.6 Å². The van der Waals surface area contributed by atoms with Crippen LogP contribution in [0.1, 0.15) is 100 Å². The van der Waals surface area contributed by atoms with Gasteiger partial charge in [-0.3, -0.25) is 9.35 Å². The number of hydrogen-bond donors (Lipinski definition) is 2. The molecule has 0 aromatic rings. The zero-order chi connectivity index (χ0) is 30.0. The van der Waals surface area contributed by atoms with Gasteiger partial charge < -0.3 is 9.84 Å². The minimum Gasteiger partial charge on any atom is -0.458 e. The minimum absolute atomic E-state index is 0.00926. The number of carbonyl (C=O) groups excluding carboxylic acids is 1. The van der Waals surface area contributed by atoms with Gasteiger partial charge in [-0.05, 0) is 96.2 Å². The van der Waals surface area contributed by atoms with E-state index in [0.29, 0.717) is 24.7 Å². The molecule has 40 heavy (non-hydrogen) atoms. The van der Waals surface area contributed by atoms with Gasteiger partial charge in [0.05, 0.1) is 6.10 Å². The average molecular weight is 579 g/mol. The summed E-state index contributed by atoms with van der Waals surface area (Å²) in [6.07, 6.45) is 5.45. The fraction of sp³-hybridized carbons (Fsp3) is 0.781. The topological polar surface area (TPSA) is 110 Å². The Morgan fingerprint density at radius 1 is 1.18 bits per heavy atom. The molecule has 0 aromatic heterocycles. The second kappa shape index (κ2) is 10.7. The normalized spacial score (nSPS) is 37.8. The zero-order valence-electron chi connectivity index (χ0n) is 25.6. The first-order valence-corrected chi connectivity index (χ1v) is 16.3. The molecule has 0 unspecified atom stereocenters. The van der Waals surface area contributed by atoms with Gasteiger partial charge in [0.15, 0.2) is 0 Å². The standard InChI is InChI=1S/C32H50O7S/c1-18(2)19(3)10-11-20(4)23-13-14-24-22-12-15-25-30(6,7)26(39-40(35,36)37)16-17-31(25,8)27(22)28(34)29(32(23,24)9)38-21(5)33/h14,18,20,23,25-26,28-29,34H,3,10-13,15-17H2,1-2,4-9H3,(H,35,36,37)/t20-,23-,25+,26+,28-,29+,31+,32-/m1/s1. The van der Waals surface area contributed by atoms with Crippen molar-refractivity contribution in [3.05, 3.63) is 34.9 Å². The Morgan fingerprint density at radius 2 is 1.82 bits per heavy atom. The SMILES string of the molecule is C=C(CC[C@@H](C)[C@H]1CC=C2C3=C([C@@H](O)[C@H](OC(C)=O)[C@@]21C)[C@@]1(C)CC[C@H](OS(=O)(=O)O)C(C)(C)[C@@H]1CC3)C(C)C. The molecule has 0 spiro atoms. The van der Waals surface area contributed by atoms with Crippen LogP contribution in [0.2, 0.25) is 0 Å². The Morgan fingerprint density at radius 3 is 2.40 bits per heavy atom. The van der Waals surface area contributed by atoms with Gasteiger partial charge in [0, 0.05) is 12.3 Å². The van der Waals surface area contributed by atoms with Gasteiger partial charge in [0.25, 0.3) is 0 Å². The van der Waals surface area contributed by atoms with Crippen molar-refractivity contribution in [3.8, 4) is 0 Å². The number of rotatable bonds is 8. The number of aliphatic hydroxyl groups excluding tert-OH is 1. The third-order valence-corrected chi connectivity index (χ3v) is 11.9. The quantitative estimate of drug-likeness (QED) is 0.190. The lowest BCUT2D eigenvalue weighted by molar-refractivity contribution is -0.167. The molecule has 0 heterocycles. The maximum atomic E-state index is 12.5. The molecule has 0 aliphatic heterocycles. The largest absolute Gasteiger partial charge is 0.458 e. The van der Waals surface area contributed by atoms with Crippen molar-refractivity contribution in [2.24, 2.45) is 39.9 Å². The van der Waals surface area contributed by atoms with Crippen LogP contribution in [0.4, 0.5) is 0 Å². The van der Waals surface area contributed by atoms with Crippen LogP contribution >= 0.6 is 0 Å². The molecule has 1 fully saturated rings. The Bertz CT molecular complexity index is 1210. The first kappa shape index (κ1) is 31.5. The number of aliphatic hydroxyl groups is 1. The van der Waals surface area contributed by atoms with Crippen molar-refractivity contribution in [3.63, 3.8) is 0 Å². The first-order chi connectivity index (χ1) is 18.4. The van der Waals surface area contributed by atoms with Crippen LogP contribution in [0.5, 0.6) is 0 Å². The summed E-state index contributed by atoms with van der Waals surface area (Å²) >= 11 is 0.